The van der Waals surface area contributed by atoms with Crippen LogP contribution >= 0.6 is 0 Å². The molecule has 3 heterocycles. The lowest BCUT2D eigenvalue weighted by molar-refractivity contribution is 0.141. The summed E-state index contributed by atoms with van der Waals surface area (Å²) in [7, 11) is 0. The highest BCUT2D eigenvalue weighted by Gasteiger charge is 2.26. The van der Waals surface area contributed by atoms with E-state index in [1.807, 2.05) is 0 Å². The summed E-state index contributed by atoms with van der Waals surface area (Å²) in [4.78, 5) is 13.5. The fourth-order valence-corrected chi connectivity index (χ4v) is 3.31. The molecule has 0 bridgehead atoms. The Kier molecular flexibility index (Phi) is 3.82. The number of nitrogens with two attached hydrogens (primary N) is 1. The average Bonchev–Trinajstić information content (AvgIpc) is 2.49. The summed E-state index contributed by atoms with van der Waals surface area (Å²) in [5.74, 6) is 1.42. The van der Waals surface area contributed by atoms with Crippen LogP contribution < -0.4 is 10.6 Å². The number of hydrogen-bond acceptors (Lipinski definition) is 5. The summed E-state index contributed by atoms with van der Waals surface area (Å²) >= 11 is 0. The second-order valence-electron chi connectivity index (χ2n) is 5.58. The molecule has 2 aliphatic heterocycles. The van der Waals surface area contributed by atoms with E-state index in [1.165, 1.54) is 45.2 Å². The maximum Gasteiger partial charge on any atom is 0.171 e. The third-order valence-corrected chi connectivity index (χ3v) is 4.38. The van der Waals surface area contributed by atoms with Crippen molar-refractivity contribution in [2.24, 2.45) is 0 Å². The summed E-state index contributed by atoms with van der Waals surface area (Å²) in [6.45, 7) is 4.67. The van der Waals surface area contributed by atoms with Crippen molar-refractivity contribution in [2.75, 3.05) is 36.8 Å². The van der Waals surface area contributed by atoms with Crippen molar-refractivity contribution < 1.29 is 0 Å². The molecule has 2 aliphatic rings. The van der Waals surface area contributed by atoms with Crippen LogP contribution in [0.4, 0.5) is 11.6 Å². The molecule has 1 aromatic heterocycles. The topological polar surface area (TPSA) is 58.3 Å². The molecule has 2 saturated heterocycles. The van der Waals surface area contributed by atoms with Crippen LogP contribution in [0.15, 0.2) is 12.4 Å². The molecular formula is C14H23N5. The van der Waals surface area contributed by atoms with Gasteiger partial charge in [-0.2, -0.15) is 0 Å². The Morgan fingerprint density at radius 2 is 1.63 bits per heavy atom. The van der Waals surface area contributed by atoms with Crippen molar-refractivity contribution >= 4 is 11.6 Å². The zero-order valence-corrected chi connectivity index (χ0v) is 11.5. The zero-order chi connectivity index (χ0) is 13.1. The van der Waals surface area contributed by atoms with E-state index < -0.39 is 0 Å². The third-order valence-electron chi connectivity index (χ3n) is 4.38. The molecular weight excluding hydrogens is 238 g/mol. The van der Waals surface area contributed by atoms with Crippen LogP contribution in [-0.2, 0) is 0 Å². The summed E-state index contributed by atoms with van der Waals surface area (Å²) in [6.07, 6.45) is 9.97. The number of nitrogens with zero attached hydrogens (tertiary/aromatic N) is 4. The summed E-state index contributed by atoms with van der Waals surface area (Å²) in [5.41, 5.74) is 5.90. The van der Waals surface area contributed by atoms with Gasteiger partial charge in [0, 0.05) is 31.5 Å². The first-order valence-electron chi connectivity index (χ1n) is 7.40. The standard InChI is InChI=1S/C14H23N5/c15-13-14(17-7-6-16-13)19-10-4-12(5-11-19)18-8-2-1-3-9-18/h6-7,12H,1-5,8-11H2,(H2,15,16). The van der Waals surface area contributed by atoms with Gasteiger partial charge in [-0.25, -0.2) is 9.97 Å². The Morgan fingerprint density at radius 1 is 0.947 bits per heavy atom. The maximum absolute atomic E-state index is 5.90. The summed E-state index contributed by atoms with van der Waals surface area (Å²) in [5, 5.41) is 0. The fourth-order valence-electron chi connectivity index (χ4n) is 3.31. The lowest BCUT2D eigenvalue weighted by Crippen LogP contribution is -2.47. The Balaban J connectivity index is 1.58. The molecule has 0 atom stereocenters. The van der Waals surface area contributed by atoms with Crippen LogP contribution in [0.2, 0.25) is 0 Å². The van der Waals surface area contributed by atoms with Gasteiger partial charge in [0.15, 0.2) is 11.6 Å². The molecule has 5 heteroatoms. The van der Waals surface area contributed by atoms with Gasteiger partial charge in [0.05, 0.1) is 0 Å². The van der Waals surface area contributed by atoms with E-state index in [1.54, 1.807) is 12.4 Å². The SMILES string of the molecule is Nc1nccnc1N1CCC(N2CCCCC2)CC1. The van der Waals surface area contributed by atoms with Crippen LogP contribution in [-0.4, -0.2) is 47.1 Å². The Hall–Kier alpha value is -1.36. The molecule has 0 unspecified atom stereocenters. The molecule has 3 rings (SSSR count). The van der Waals surface area contributed by atoms with Gasteiger partial charge in [0.2, 0.25) is 0 Å². The fraction of sp³-hybridized carbons (Fsp3) is 0.714. The number of nitrogen functional groups attached to an aromatic ring is 1. The van der Waals surface area contributed by atoms with E-state index in [0.29, 0.717) is 5.82 Å². The molecule has 0 radical (unpaired) electrons. The van der Waals surface area contributed by atoms with Crippen molar-refractivity contribution in [2.45, 2.75) is 38.1 Å². The average molecular weight is 261 g/mol. The lowest BCUT2D eigenvalue weighted by Gasteiger charge is -2.40. The van der Waals surface area contributed by atoms with E-state index in [2.05, 4.69) is 19.8 Å². The molecule has 0 aromatic carbocycles. The van der Waals surface area contributed by atoms with Gasteiger partial charge < -0.3 is 15.5 Å². The van der Waals surface area contributed by atoms with E-state index >= 15 is 0 Å². The van der Waals surface area contributed by atoms with Gasteiger partial charge in [-0.3, -0.25) is 0 Å². The van der Waals surface area contributed by atoms with E-state index in [0.717, 1.165) is 24.9 Å². The normalized spacial score (nSPS) is 22.6. The van der Waals surface area contributed by atoms with Gasteiger partial charge >= 0.3 is 0 Å². The minimum Gasteiger partial charge on any atom is -0.381 e. The minimum absolute atomic E-state index is 0.555. The van der Waals surface area contributed by atoms with E-state index in [4.69, 9.17) is 5.73 Å². The van der Waals surface area contributed by atoms with Gasteiger partial charge in [0.1, 0.15) is 0 Å². The zero-order valence-electron chi connectivity index (χ0n) is 11.5. The van der Waals surface area contributed by atoms with Gasteiger partial charge in [-0.1, -0.05) is 6.42 Å². The number of rotatable bonds is 2. The number of anilines is 2. The number of hydrogen-bond donors (Lipinski definition) is 1. The van der Waals surface area contributed by atoms with Crippen LogP contribution in [0.3, 0.4) is 0 Å². The quantitative estimate of drug-likeness (QED) is 0.874. The van der Waals surface area contributed by atoms with Crippen LogP contribution in [0.25, 0.3) is 0 Å². The highest BCUT2D eigenvalue weighted by molar-refractivity contribution is 5.57. The first-order chi connectivity index (χ1) is 9.34. The van der Waals surface area contributed by atoms with Crippen molar-refractivity contribution in [3.05, 3.63) is 12.4 Å². The lowest BCUT2D eigenvalue weighted by atomic mass is 10.00. The molecule has 0 aliphatic carbocycles. The van der Waals surface area contributed by atoms with Gasteiger partial charge in [0.25, 0.3) is 0 Å². The van der Waals surface area contributed by atoms with Crippen molar-refractivity contribution in [3.8, 4) is 0 Å². The molecule has 2 fully saturated rings. The number of aromatic nitrogens is 2. The molecule has 1 aromatic rings. The largest absolute Gasteiger partial charge is 0.381 e. The molecule has 0 saturated carbocycles. The monoisotopic (exact) mass is 261 g/mol. The van der Waals surface area contributed by atoms with Crippen molar-refractivity contribution in [1.29, 1.82) is 0 Å². The third kappa shape index (κ3) is 2.81. The molecule has 2 N–H and O–H groups in total. The van der Waals surface area contributed by atoms with E-state index in [9.17, 15) is 0 Å². The first-order valence-corrected chi connectivity index (χ1v) is 7.40. The van der Waals surface area contributed by atoms with Gasteiger partial charge in [-0.05, 0) is 38.8 Å². The predicted octanol–water partition coefficient (Wildman–Crippen LogP) is 1.51. The van der Waals surface area contributed by atoms with Crippen LogP contribution in [0, 0.1) is 0 Å². The molecule has 104 valence electrons. The van der Waals surface area contributed by atoms with E-state index in [-0.39, 0.29) is 0 Å². The molecule has 0 amide bonds. The second-order valence-corrected chi connectivity index (χ2v) is 5.58. The first kappa shape index (κ1) is 12.7. The van der Waals surface area contributed by atoms with Crippen LogP contribution in [0.1, 0.15) is 32.1 Å². The molecule has 5 nitrogen and oxygen atoms in total. The van der Waals surface area contributed by atoms with Gasteiger partial charge in [-0.15, -0.1) is 0 Å². The Labute approximate surface area is 114 Å². The Bertz CT molecular complexity index is 408. The Morgan fingerprint density at radius 3 is 2.32 bits per heavy atom. The smallest absolute Gasteiger partial charge is 0.171 e. The number of piperidine rings is 2. The second kappa shape index (κ2) is 5.74. The maximum atomic E-state index is 5.90. The number of likely N-dealkylation sites (tertiary alicyclic amines) is 1. The summed E-state index contributed by atoms with van der Waals surface area (Å²) in [6, 6.07) is 0.759. The molecule has 0 spiro atoms. The van der Waals surface area contributed by atoms with Crippen molar-refractivity contribution in [3.63, 3.8) is 0 Å². The highest BCUT2D eigenvalue weighted by Crippen LogP contribution is 2.25. The highest BCUT2D eigenvalue weighted by atomic mass is 15.2. The predicted molar refractivity (Wildman–Crippen MR) is 77.1 cm³/mol. The molecule has 19 heavy (non-hydrogen) atoms. The summed E-state index contributed by atoms with van der Waals surface area (Å²) < 4.78 is 0. The van der Waals surface area contributed by atoms with Crippen LogP contribution in [0.5, 0.6) is 0 Å². The minimum atomic E-state index is 0.555. The van der Waals surface area contributed by atoms with Crippen molar-refractivity contribution in [1.82, 2.24) is 14.9 Å².